The first-order chi connectivity index (χ1) is 15.5. The van der Waals surface area contributed by atoms with Crippen molar-refractivity contribution in [3.05, 3.63) is 71.2 Å². The SMILES string of the molecule is COc1ccc(C(=O)N2CCc3c(c(-c4nc(-c5ccccc5F)no4)nn3C)C2)cc1. The van der Waals surface area contributed by atoms with Crippen LogP contribution in [0.15, 0.2) is 53.1 Å². The summed E-state index contributed by atoms with van der Waals surface area (Å²) < 4.78 is 26.5. The molecule has 3 heterocycles. The highest BCUT2D eigenvalue weighted by atomic mass is 19.1. The van der Waals surface area contributed by atoms with Crippen LogP contribution in [0.5, 0.6) is 5.75 Å². The predicted molar refractivity (Wildman–Crippen MR) is 113 cm³/mol. The Balaban J connectivity index is 1.45. The molecule has 0 bridgehead atoms. The summed E-state index contributed by atoms with van der Waals surface area (Å²) in [6.45, 7) is 0.932. The second-order valence-corrected chi connectivity index (χ2v) is 7.51. The smallest absolute Gasteiger partial charge is 0.279 e. The summed E-state index contributed by atoms with van der Waals surface area (Å²) in [5.41, 5.74) is 3.20. The molecule has 4 aromatic rings. The maximum Gasteiger partial charge on any atom is 0.279 e. The average molecular weight is 433 g/mol. The van der Waals surface area contributed by atoms with Crippen LogP contribution in [-0.2, 0) is 20.0 Å². The molecule has 0 fully saturated rings. The van der Waals surface area contributed by atoms with E-state index in [9.17, 15) is 9.18 Å². The van der Waals surface area contributed by atoms with Crippen LogP contribution in [0.4, 0.5) is 4.39 Å². The van der Waals surface area contributed by atoms with Crippen molar-refractivity contribution in [2.24, 2.45) is 7.05 Å². The Morgan fingerprint density at radius 2 is 1.94 bits per heavy atom. The number of aryl methyl sites for hydroxylation is 1. The number of ether oxygens (including phenoxy) is 1. The lowest BCUT2D eigenvalue weighted by Gasteiger charge is -2.27. The zero-order valence-corrected chi connectivity index (χ0v) is 17.6. The molecule has 0 radical (unpaired) electrons. The van der Waals surface area contributed by atoms with Crippen molar-refractivity contribution in [1.29, 1.82) is 0 Å². The molecule has 5 rings (SSSR count). The number of carbonyl (C=O) groups is 1. The number of nitrogens with zero attached hydrogens (tertiary/aromatic N) is 5. The number of benzene rings is 2. The fraction of sp³-hybridized carbons (Fsp3) is 0.217. The van der Waals surface area contributed by atoms with Gasteiger partial charge >= 0.3 is 0 Å². The summed E-state index contributed by atoms with van der Waals surface area (Å²) in [5.74, 6) is 0.530. The molecular formula is C23H20FN5O3. The van der Waals surface area contributed by atoms with Crippen molar-refractivity contribution in [2.75, 3.05) is 13.7 Å². The van der Waals surface area contributed by atoms with E-state index in [0.29, 0.717) is 36.5 Å². The number of aromatic nitrogens is 4. The van der Waals surface area contributed by atoms with Crippen LogP contribution in [0.3, 0.4) is 0 Å². The summed E-state index contributed by atoms with van der Waals surface area (Å²) in [6.07, 6.45) is 0.648. The molecule has 0 aliphatic carbocycles. The third kappa shape index (κ3) is 3.41. The molecule has 162 valence electrons. The van der Waals surface area contributed by atoms with E-state index in [1.165, 1.54) is 6.07 Å². The second-order valence-electron chi connectivity index (χ2n) is 7.51. The summed E-state index contributed by atoms with van der Waals surface area (Å²) in [4.78, 5) is 19.2. The van der Waals surface area contributed by atoms with E-state index in [4.69, 9.17) is 9.26 Å². The Kier molecular flexibility index (Phi) is 4.93. The molecule has 1 aliphatic heterocycles. The number of halogens is 1. The molecule has 8 nitrogen and oxygen atoms in total. The summed E-state index contributed by atoms with van der Waals surface area (Å²) >= 11 is 0. The Morgan fingerprint density at radius 1 is 1.16 bits per heavy atom. The molecule has 0 unspecified atom stereocenters. The van der Waals surface area contributed by atoms with Gasteiger partial charge in [0, 0.05) is 36.8 Å². The van der Waals surface area contributed by atoms with Crippen molar-refractivity contribution in [1.82, 2.24) is 24.8 Å². The number of methoxy groups -OCH3 is 1. The highest BCUT2D eigenvalue weighted by Crippen LogP contribution is 2.31. The number of hydrogen-bond acceptors (Lipinski definition) is 6. The molecule has 0 spiro atoms. The third-order valence-corrected chi connectivity index (χ3v) is 5.61. The van der Waals surface area contributed by atoms with Gasteiger partial charge in [0.2, 0.25) is 5.82 Å². The van der Waals surface area contributed by atoms with Gasteiger partial charge in [-0.3, -0.25) is 9.48 Å². The quantitative estimate of drug-likeness (QED) is 0.490. The van der Waals surface area contributed by atoms with Crippen LogP contribution in [0.1, 0.15) is 21.6 Å². The van der Waals surface area contributed by atoms with Gasteiger partial charge in [0.15, 0.2) is 5.69 Å². The van der Waals surface area contributed by atoms with Crippen LogP contribution in [0, 0.1) is 5.82 Å². The summed E-state index contributed by atoms with van der Waals surface area (Å²) in [7, 11) is 3.43. The van der Waals surface area contributed by atoms with Gasteiger partial charge in [-0.2, -0.15) is 10.1 Å². The normalized spacial score (nSPS) is 13.2. The first kappa shape index (κ1) is 19.9. The third-order valence-electron chi connectivity index (χ3n) is 5.61. The van der Waals surface area contributed by atoms with Gasteiger partial charge in [0.25, 0.3) is 11.8 Å². The summed E-state index contributed by atoms with van der Waals surface area (Å²) in [5, 5.41) is 8.49. The van der Waals surface area contributed by atoms with Gasteiger partial charge in [-0.15, -0.1) is 0 Å². The zero-order valence-electron chi connectivity index (χ0n) is 17.6. The number of rotatable bonds is 4. The molecule has 0 N–H and O–H groups in total. The number of carbonyl (C=O) groups excluding carboxylic acids is 1. The fourth-order valence-corrected chi connectivity index (χ4v) is 3.93. The van der Waals surface area contributed by atoms with E-state index in [1.807, 2.05) is 7.05 Å². The predicted octanol–water partition coefficient (Wildman–Crippen LogP) is 3.48. The number of fused-ring (bicyclic) bond motifs is 1. The molecule has 32 heavy (non-hydrogen) atoms. The maximum absolute atomic E-state index is 14.1. The molecule has 1 aliphatic rings. The van der Waals surface area contributed by atoms with E-state index >= 15 is 0 Å². The van der Waals surface area contributed by atoms with Crippen LogP contribution in [-0.4, -0.2) is 44.4 Å². The molecule has 1 amide bonds. The van der Waals surface area contributed by atoms with Gasteiger partial charge in [-0.1, -0.05) is 17.3 Å². The Bertz CT molecular complexity index is 1300. The van der Waals surface area contributed by atoms with Crippen molar-refractivity contribution in [3.63, 3.8) is 0 Å². The van der Waals surface area contributed by atoms with Gasteiger partial charge in [0.1, 0.15) is 11.6 Å². The number of amides is 1. The topological polar surface area (TPSA) is 86.3 Å². The second kappa shape index (κ2) is 7.92. The van der Waals surface area contributed by atoms with Crippen LogP contribution in [0.25, 0.3) is 23.0 Å². The molecule has 0 saturated heterocycles. The molecular weight excluding hydrogens is 413 g/mol. The molecule has 0 atom stereocenters. The highest BCUT2D eigenvalue weighted by Gasteiger charge is 2.30. The number of hydrogen-bond donors (Lipinski definition) is 0. The molecule has 2 aromatic heterocycles. The Hall–Kier alpha value is -4.01. The maximum atomic E-state index is 14.1. The van der Waals surface area contributed by atoms with Gasteiger partial charge in [-0.25, -0.2) is 4.39 Å². The van der Waals surface area contributed by atoms with E-state index in [2.05, 4.69) is 15.2 Å². The van der Waals surface area contributed by atoms with E-state index < -0.39 is 5.82 Å². The standard InChI is InChI=1S/C23H20FN5O3/c1-28-19-11-12-29(23(30)14-7-9-15(31-2)10-8-14)13-17(19)20(26-28)22-25-21(27-32-22)16-5-3-4-6-18(16)24/h3-10H,11-13H2,1-2H3. The lowest BCUT2D eigenvalue weighted by atomic mass is 10.0. The lowest BCUT2D eigenvalue weighted by molar-refractivity contribution is 0.0733. The van der Waals surface area contributed by atoms with Gasteiger partial charge in [-0.05, 0) is 36.4 Å². The Labute approximate surface area is 183 Å². The lowest BCUT2D eigenvalue weighted by Crippen LogP contribution is -2.36. The van der Waals surface area contributed by atoms with Crippen LogP contribution in [0.2, 0.25) is 0 Å². The van der Waals surface area contributed by atoms with Crippen molar-refractivity contribution in [3.8, 4) is 28.7 Å². The molecule has 0 saturated carbocycles. The van der Waals surface area contributed by atoms with E-state index in [-0.39, 0.29) is 23.2 Å². The molecule has 2 aromatic carbocycles. The van der Waals surface area contributed by atoms with Crippen molar-refractivity contribution < 1.29 is 18.4 Å². The molecule has 9 heteroatoms. The minimum atomic E-state index is -0.431. The minimum Gasteiger partial charge on any atom is -0.497 e. The van der Waals surface area contributed by atoms with E-state index in [0.717, 1.165) is 11.3 Å². The first-order valence-corrected chi connectivity index (χ1v) is 10.1. The monoisotopic (exact) mass is 433 g/mol. The van der Waals surface area contributed by atoms with Crippen LogP contribution < -0.4 is 4.74 Å². The van der Waals surface area contributed by atoms with Gasteiger partial charge < -0.3 is 14.2 Å². The largest absolute Gasteiger partial charge is 0.497 e. The fourth-order valence-electron chi connectivity index (χ4n) is 3.93. The van der Waals surface area contributed by atoms with Crippen molar-refractivity contribution in [2.45, 2.75) is 13.0 Å². The van der Waals surface area contributed by atoms with Crippen molar-refractivity contribution >= 4 is 5.91 Å². The van der Waals surface area contributed by atoms with Crippen LogP contribution >= 0.6 is 0 Å². The first-order valence-electron chi connectivity index (χ1n) is 10.1. The highest BCUT2D eigenvalue weighted by molar-refractivity contribution is 5.94. The Morgan fingerprint density at radius 3 is 2.69 bits per heavy atom. The van der Waals surface area contributed by atoms with Gasteiger partial charge in [0.05, 0.1) is 19.2 Å². The average Bonchev–Trinajstić information content (AvgIpc) is 3.43. The van der Waals surface area contributed by atoms with E-state index in [1.54, 1.807) is 59.2 Å². The summed E-state index contributed by atoms with van der Waals surface area (Å²) in [6, 6.07) is 13.3. The zero-order chi connectivity index (χ0) is 22.2. The minimum absolute atomic E-state index is 0.0781.